The molecule has 3 aromatic rings. The molecule has 0 aromatic carbocycles. The second-order valence-corrected chi connectivity index (χ2v) is 7.68. The summed E-state index contributed by atoms with van der Waals surface area (Å²) < 4.78 is 11.4. The average molecular weight is 407 g/mol. The molecule has 0 saturated carbocycles. The Morgan fingerprint density at radius 1 is 1.20 bits per heavy atom. The number of urea groups is 1. The summed E-state index contributed by atoms with van der Waals surface area (Å²) in [5, 5.41) is 4.18. The predicted molar refractivity (Wildman–Crippen MR) is 111 cm³/mol. The van der Waals surface area contributed by atoms with Gasteiger partial charge in [-0.15, -0.1) is 0 Å². The molecule has 0 bridgehead atoms. The fourth-order valence-electron chi connectivity index (χ4n) is 3.49. The summed E-state index contributed by atoms with van der Waals surface area (Å²) in [7, 11) is 3.53. The Hall–Kier alpha value is -3.42. The second-order valence-electron chi connectivity index (χ2n) is 7.68. The number of ether oxygens (including phenoxy) is 1. The summed E-state index contributed by atoms with van der Waals surface area (Å²) in [4.78, 5) is 24.4. The van der Waals surface area contributed by atoms with Gasteiger partial charge in [0.15, 0.2) is 0 Å². The summed E-state index contributed by atoms with van der Waals surface area (Å²) >= 11 is 0. The fourth-order valence-corrected chi connectivity index (χ4v) is 3.49. The smallest absolute Gasteiger partial charge is 0.319 e. The Balaban J connectivity index is 1.48. The zero-order valence-electron chi connectivity index (χ0n) is 17.7. The van der Waals surface area contributed by atoms with Crippen molar-refractivity contribution in [2.75, 3.05) is 20.6 Å². The van der Waals surface area contributed by atoms with Crippen LogP contribution in [0.2, 0.25) is 0 Å². The number of amides is 2. The van der Waals surface area contributed by atoms with Gasteiger partial charge in [-0.1, -0.05) is 5.16 Å². The highest BCUT2D eigenvalue weighted by molar-refractivity contribution is 5.74. The minimum absolute atomic E-state index is 0.0158. The Morgan fingerprint density at radius 3 is 2.77 bits per heavy atom. The van der Waals surface area contributed by atoms with E-state index in [2.05, 4.69) is 15.1 Å². The van der Waals surface area contributed by atoms with Crippen molar-refractivity contribution in [2.24, 2.45) is 0 Å². The van der Waals surface area contributed by atoms with E-state index in [-0.39, 0.29) is 6.03 Å². The number of carbonyl (C=O) groups is 1. The largest absolute Gasteiger partial charge is 0.473 e. The Morgan fingerprint density at radius 2 is 2.03 bits per heavy atom. The summed E-state index contributed by atoms with van der Waals surface area (Å²) in [6.07, 6.45) is 4.36. The molecule has 8 heteroatoms. The van der Waals surface area contributed by atoms with E-state index >= 15 is 0 Å². The van der Waals surface area contributed by atoms with E-state index in [9.17, 15) is 4.79 Å². The van der Waals surface area contributed by atoms with Crippen molar-refractivity contribution in [3.05, 3.63) is 58.7 Å². The van der Waals surface area contributed by atoms with Crippen LogP contribution in [0, 0.1) is 13.8 Å². The van der Waals surface area contributed by atoms with Gasteiger partial charge in [-0.3, -0.25) is 4.98 Å². The minimum Gasteiger partial charge on any atom is -0.473 e. The van der Waals surface area contributed by atoms with Gasteiger partial charge in [-0.05, 0) is 43.5 Å². The van der Waals surface area contributed by atoms with Crippen LogP contribution in [0.3, 0.4) is 0 Å². The van der Waals surface area contributed by atoms with Crippen LogP contribution in [0.4, 0.5) is 4.79 Å². The summed E-state index contributed by atoms with van der Waals surface area (Å²) in [5.41, 5.74) is 5.66. The Bertz CT molecular complexity index is 1060. The van der Waals surface area contributed by atoms with Crippen molar-refractivity contribution in [1.29, 1.82) is 0 Å². The third-order valence-corrected chi connectivity index (χ3v) is 5.26. The first-order chi connectivity index (χ1) is 14.4. The van der Waals surface area contributed by atoms with Gasteiger partial charge >= 0.3 is 6.03 Å². The molecule has 3 aromatic heterocycles. The molecule has 0 atom stereocenters. The molecule has 30 heavy (non-hydrogen) atoms. The molecule has 0 unspecified atom stereocenters. The number of nitrogens with zero attached hydrogens (tertiary/aromatic N) is 5. The highest BCUT2D eigenvalue weighted by atomic mass is 16.5. The van der Waals surface area contributed by atoms with E-state index in [1.165, 1.54) is 0 Å². The molecule has 0 spiro atoms. The van der Waals surface area contributed by atoms with Crippen molar-refractivity contribution in [3.63, 3.8) is 0 Å². The van der Waals surface area contributed by atoms with Crippen molar-refractivity contribution < 1.29 is 14.1 Å². The molecular weight excluding hydrogens is 382 g/mol. The quantitative estimate of drug-likeness (QED) is 0.659. The average Bonchev–Trinajstić information content (AvgIpc) is 3.12. The van der Waals surface area contributed by atoms with E-state index in [1.54, 1.807) is 31.4 Å². The van der Waals surface area contributed by atoms with E-state index in [1.807, 2.05) is 36.9 Å². The zero-order chi connectivity index (χ0) is 21.3. The van der Waals surface area contributed by atoms with Gasteiger partial charge in [-0.25, -0.2) is 9.78 Å². The molecule has 2 amide bonds. The number of aromatic nitrogens is 3. The molecule has 0 N–H and O–H groups in total. The van der Waals surface area contributed by atoms with Crippen LogP contribution < -0.4 is 4.74 Å². The van der Waals surface area contributed by atoms with Crippen LogP contribution in [0.15, 0.2) is 35.1 Å². The molecular formula is C22H25N5O3. The number of aryl methyl sites for hydroxylation is 2. The number of hydrogen-bond donors (Lipinski definition) is 0. The van der Waals surface area contributed by atoms with Crippen LogP contribution >= 0.6 is 0 Å². The van der Waals surface area contributed by atoms with Crippen molar-refractivity contribution in [3.8, 4) is 17.1 Å². The summed E-state index contributed by atoms with van der Waals surface area (Å²) in [6.45, 7) is 5.36. The molecule has 0 aliphatic carbocycles. The van der Waals surface area contributed by atoms with Gasteiger partial charge < -0.3 is 19.1 Å². The molecule has 0 radical (unpaired) electrons. The van der Waals surface area contributed by atoms with Gasteiger partial charge in [0.05, 0.1) is 5.56 Å². The number of fused-ring (bicyclic) bond motifs is 1. The number of pyridine rings is 2. The molecule has 0 saturated heterocycles. The van der Waals surface area contributed by atoms with Gasteiger partial charge in [0, 0.05) is 56.9 Å². The lowest BCUT2D eigenvalue weighted by molar-refractivity contribution is 0.165. The maximum atomic E-state index is 12.2. The third kappa shape index (κ3) is 3.98. The SMILES string of the molecule is Cc1ccc(-c2noc(C)c2COc2cc3c(cn2)CN(C(=O)N(C)C)CC3)cn1. The third-order valence-electron chi connectivity index (χ3n) is 5.26. The molecule has 1 aliphatic rings. The highest BCUT2D eigenvalue weighted by Crippen LogP contribution is 2.27. The van der Waals surface area contributed by atoms with Crippen molar-refractivity contribution in [1.82, 2.24) is 24.9 Å². The maximum absolute atomic E-state index is 12.2. The van der Waals surface area contributed by atoms with Crippen LogP contribution in [0.5, 0.6) is 5.88 Å². The van der Waals surface area contributed by atoms with E-state index in [0.29, 0.717) is 31.3 Å². The normalized spacial score (nSPS) is 13.1. The number of hydrogen-bond acceptors (Lipinski definition) is 6. The Labute approximate surface area is 175 Å². The number of rotatable bonds is 4. The number of carbonyl (C=O) groups excluding carboxylic acids is 1. The second kappa shape index (κ2) is 8.14. The van der Waals surface area contributed by atoms with Crippen LogP contribution in [0.25, 0.3) is 11.3 Å². The van der Waals surface area contributed by atoms with Crippen molar-refractivity contribution >= 4 is 6.03 Å². The van der Waals surface area contributed by atoms with Gasteiger partial charge in [0.25, 0.3) is 0 Å². The van der Waals surface area contributed by atoms with Crippen LogP contribution in [-0.4, -0.2) is 51.6 Å². The first-order valence-electron chi connectivity index (χ1n) is 9.87. The Kier molecular flexibility index (Phi) is 5.39. The van der Waals surface area contributed by atoms with Crippen molar-refractivity contribution in [2.45, 2.75) is 33.4 Å². The van der Waals surface area contributed by atoms with Crippen LogP contribution in [-0.2, 0) is 19.6 Å². The zero-order valence-corrected chi connectivity index (χ0v) is 17.7. The van der Waals surface area contributed by atoms with Gasteiger partial charge in [0.1, 0.15) is 18.1 Å². The molecule has 4 heterocycles. The molecule has 0 fully saturated rings. The summed E-state index contributed by atoms with van der Waals surface area (Å²) in [5.74, 6) is 1.26. The topological polar surface area (TPSA) is 84.6 Å². The van der Waals surface area contributed by atoms with Gasteiger partial charge in [0.2, 0.25) is 5.88 Å². The van der Waals surface area contributed by atoms with Crippen LogP contribution in [0.1, 0.15) is 28.1 Å². The molecule has 8 nitrogen and oxygen atoms in total. The first kappa shape index (κ1) is 19.9. The van der Waals surface area contributed by atoms with E-state index < -0.39 is 0 Å². The predicted octanol–water partition coefficient (Wildman–Crippen LogP) is 3.37. The first-order valence-corrected chi connectivity index (χ1v) is 9.87. The monoisotopic (exact) mass is 407 g/mol. The lowest BCUT2D eigenvalue weighted by atomic mass is 10.0. The maximum Gasteiger partial charge on any atom is 0.319 e. The lowest BCUT2D eigenvalue weighted by Crippen LogP contribution is -2.42. The van der Waals surface area contributed by atoms with Gasteiger partial charge in [-0.2, -0.15) is 0 Å². The molecule has 156 valence electrons. The fraction of sp³-hybridized carbons (Fsp3) is 0.364. The highest BCUT2D eigenvalue weighted by Gasteiger charge is 2.23. The minimum atomic E-state index is 0.0158. The van der Waals surface area contributed by atoms with E-state index in [4.69, 9.17) is 9.26 Å². The standard InChI is InChI=1S/C22H25N5O3/c1-14-5-6-17(10-23-14)21-19(15(2)30-25-21)13-29-20-9-16-7-8-27(22(28)26(3)4)12-18(16)11-24-20/h5-6,9-11H,7-8,12-13H2,1-4H3. The lowest BCUT2D eigenvalue weighted by Gasteiger charge is -2.30. The van der Waals surface area contributed by atoms with E-state index in [0.717, 1.165) is 40.1 Å². The molecule has 4 rings (SSSR count). The summed E-state index contributed by atoms with van der Waals surface area (Å²) in [6, 6.07) is 5.89. The molecule has 1 aliphatic heterocycles.